The lowest BCUT2D eigenvalue weighted by Gasteiger charge is -2.07. The molecule has 1 aromatic heterocycles. The predicted molar refractivity (Wildman–Crippen MR) is 120 cm³/mol. The normalized spacial score (nSPS) is 10.7. The molecule has 0 aliphatic rings. The highest BCUT2D eigenvalue weighted by Gasteiger charge is 2.15. The molecule has 0 fully saturated rings. The van der Waals surface area contributed by atoms with Gasteiger partial charge in [-0.3, -0.25) is 9.59 Å². The van der Waals surface area contributed by atoms with Crippen LogP contribution in [0.3, 0.4) is 0 Å². The molecule has 2 amide bonds. The Bertz CT molecular complexity index is 1090. The maximum absolute atomic E-state index is 12.3. The predicted octanol–water partition coefficient (Wildman–Crippen LogP) is 4.34. The molecule has 0 saturated heterocycles. The summed E-state index contributed by atoms with van der Waals surface area (Å²) in [6.07, 6.45) is 0.0459. The summed E-state index contributed by atoms with van der Waals surface area (Å²) in [5.41, 5.74) is 2.17. The van der Waals surface area contributed by atoms with Crippen LogP contribution in [0.15, 0.2) is 47.6 Å². The van der Waals surface area contributed by atoms with E-state index in [9.17, 15) is 9.59 Å². The number of nitrogens with zero attached hydrogens (tertiary/aromatic N) is 3. The Balaban J connectivity index is 1.54. The minimum absolute atomic E-state index is 0.0459. The van der Waals surface area contributed by atoms with Gasteiger partial charge in [0.15, 0.2) is 5.16 Å². The van der Waals surface area contributed by atoms with Crippen LogP contribution >= 0.6 is 35.0 Å². The maximum atomic E-state index is 12.3. The Hall–Kier alpha value is -2.55. The lowest BCUT2D eigenvalue weighted by Crippen LogP contribution is -2.17. The van der Waals surface area contributed by atoms with Crippen LogP contribution in [0.25, 0.3) is 0 Å². The average Bonchev–Trinajstić information content (AvgIpc) is 3.02. The molecule has 0 aliphatic carbocycles. The number of carbonyl (C=O) groups excluding carboxylic acids is 2. The van der Waals surface area contributed by atoms with Crippen LogP contribution < -0.4 is 10.6 Å². The molecule has 1 heterocycles. The van der Waals surface area contributed by atoms with Gasteiger partial charge in [-0.25, -0.2) is 0 Å². The second-order valence-electron chi connectivity index (χ2n) is 6.49. The van der Waals surface area contributed by atoms with Crippen LogP contribution in [0.4, 0.5) is 11.4 Å². The molecule has 156 valence electrons. The monoisotopic (exact) mass is 463 g/mol. The summed E-state index contributed by atoms with van der Waals surface area (Å²) in [5, 5.41) is 15.4. The van der Waals surface area contributed by atoms with E-state index in [2.05, 4.69) is 20.8 Å². The molecule has 3 aromatic rings. The summed E-state index contributed by atoms with van der Waals surface area (Å²) < 4.78 is 1.69. The highest BCUT2D eigenvalue weighted by atomic mass is 35.5. The number of aromatic nitrogens is 3. The van der Waals surface area contributed by atoms with Gasteiger partial charge in [-0.15, -0.1) is 10.2 Å². The largest absolute Gasteiger partial charge is 0.326 e. The number of thioether (sulfide) groups is 1. The third-order valence-corrected chi connectivity index (χ3v) is 5.80. The van der Waals surface area contributed by atoms with Crippen LogP contribution in [-0.2, 0) is 23.1 Å². The lowest BCUT2D eigenvalue weighted by atomic mass is 10.2. The third kappa shape index (κ3) is 5.98. The van der Waals surface area contributed by atoms with Gasteiger partial charge in [0, 0.05) is 28.5 Å². The van der Waals surface area contributed by atoms with Gasteiger partial charge in [0.2, 0.25) is 11.8 Å². The molecule has 2 N–H and O–H groups in total. The minimum Gasteiger partial charge on any atom is -0.326 e. The van der Waals surface area contributed by atoms with Crippen molar-refractivity contribution in [1.82, 2.24) is 14.8 Å². The molecular formula is C20H19Cl2N5O2S. The second-order valence-corrected chi connectivity index (χ2v) is 8.28. The molecule has 2 aromatic carbocycles. The topological polar surface area (TPSA) is 88.9 Å². The van der Waals surface area contributed by atoms with Crippen LogP contribution in [0.5, 0.6) is 0 Å². The van der Waals surface area contributed by atoms with Crippen molar-refractivity contribution in [2.75, 3.05) is 16.4 Å². The number of hydrogen-bond acceptors (Lipinski definition) is 5. The number of amides is 2. The van der Waals surface area contributed by atoms with Crippen molar-refractivity contribution in [1.29, 1.82) is 0 Å². The van der Waals surface area contributed by atoms with Crippen LogP contribution in [0, 0.1) is 6.92 Å². The molecule has 0 radical (unpaired) electrons. The van der Waals surface area contributed by atoms with Gasteiger partial charge in [0.05, 0.1) is 12.2 Å². The minimum atomic E-state index is -0.235. The van der Waals surface area contributed by atoms with Crippen molar-refractivity contribution in [3.8, 4) is 0 Å². The molecule has 0 atom stereocenters. The summed E-state index contributed by atoms with van der Waals surface area (Å²) in [6.45, 7) is 1.89. The number of hydrogen-bond donors (Lipinski definition) is 2. The molecule has 3 rings (SSSR count). The highest BCUT2D eigenvalue weighted by Crippen LogP contribution is 2.21. The molecule has 30 heavy (non-hydrogen) atoms. The van der Waals surface area contributed by atoms with Crippen molar-refractivity contribution in [2.24, 2.45) is 7.05 Å². The van der Waals surface area contributed by atoms with E-state index in [-0.39, 0.29) is 24.0 Å². The Kier molecular flexibility index (Phi) is 7.36. The number of rotatable bonds is 7. The van der Waals surface area contributed by atoms with E-state index in [0.717, 1.165) is 5.56 Å². The number of aryl methyl sites for hydroxylation is 1. The Labute approximate surface area is 188 Å². The average molecular weight is 464 g/mol. The standard InChI is InChI=1S/C20H19Cl2N5O2S/c1-12-6-7-15(9-16(12)22)23-18(28)10-17-25-26-20(27(17)2)30-11-19(29)24-14-5-3-4-13(21)8-14/h3-9H,10-11H2,1-2H3,(H,23,28)(H,24,29). The van der Waals surface area contributed by atoms with Crippen LogP contribution in [0.1, 0.15) is 11.4 Å². The summed E-state index contributed by atoms with van der Waals surface area (Å²) in [5.74, 6) is 0.206. The van der Waals surface area contributed by atoms with E-state index >= 15 is 0 Å². The van der Waals surface area contributed by atoms with Gasteiger partial charge in [-0.2, -0.15) is 0 Å². The van der Waals surface area contributed by atoms with Gasteiger partial charge >= 0.3 is 0 Å². The van der Waals surface area contributed by atoms with Gasteiger partial charge < -0.3 is 15.2 Å². The van der Waals surface area contributed by atoms with E-state index in [1.54, 1.807) is 48.0 Å². The number of carbonyl (C=O) groups is 2. The van der Waals surface area contributed by atoms with E-state index in [1.807, 2.05) is 13.0 Å². The van der Waals surface area contributed by atoms with Crippen LogP contribution in [-0.4, -0.2) is 32.3 Å². The second kappa shape index (κ2) is 9.97. The zero-order valence-electron chi connectivity index (χ0n) is 16.3. The first kappa shape index (κ1) is 22.1. The van der Waals surface area contributed by atoms with Crippen molar-refractivity contribution in [3.05, 3.63) is 63.9 Å². The first-order valence-electron chi connectivity index (χ1n) is 8.94. The highest BCUT2D eigenvalue weighted by molar-refractivity contribution is 7.99. The van der Waals surface area contributed by atoms with E-state index in [1.165, 1.54) is 11.8 Å². The van der Waals surface area contributed by atoms with Gasteiger partial charge in [0.1, 0.15) is 5.82 Å². The van der Waals surface area contributed by atoms with Crippen molar-refractivity contribution in [3.63, 3.8) is 0 Å². The third-order valence-electron chi connectivity index (χ3n) is 4.14. The van der Waals surface area contributed by atoms with Gasteiger partial charge in [0.25, 0.3) is 0 Å². The fourth-order valence-corrected chi connectivity index (χ4v) is 3.64. The number of benzene rings is 2. The molecular weight excluding hydrogens is 445 g/mol. The first-order chi connectivity index (χ1) is 14.3. The van der Waals surface area contributed by atoms with E-state index in [0.29, 0.717) is 32.4 Å². The summed E-state index contributed by atoms with van der Waals surface area (Å²) >= 11 is 13.2. The van der Waals surface area contributed by atoms with Crippen molar-refractivity contribution < 1.29 is 9.59 Å². The van der Waals surface area contributed by atoms with E-state index < -0.39 is 0 Å². The molecule has 7 nitrogen and oxygen atoms in total. The zero-order chi connectivity index (χ0) is 21.7. The Morgan fingerprint density at radius 2 is 1.77 bits per heavy atom. The smallest absolute Gasteiger partial charge is 0.234 e. The summed E-state index contributed by atoms with van der Waals surface area (Å²) in [4.78, 5) is 24.5. The van der Waals surface area contributed by atoms with Crippen molar-refractivity contribution in [2.45, 2.75) is 18.5 Å². The number of nitrogens with one attached hydrogen (secondary N) is 2. The van der Waals surface area contributed by atoms with Gasteiger partial charge in [-0.1, -0.05) is 47.1 Å². The number of anilines is 2. The van der Waals surface area contributed by atoms with Crippen LogP contribution in [0.2, 0.25) is 10.0 Å². The SMILES string of the molecule is Cc1ccc(NC(=O)Cc2nnc(SCC(=O)Nc3cccc(Cl)c3)n2C)cc1Cl. The summed E-state index contributed by atoms with van der Waals surface area (Å²) in [6, 6.07) is 12.2. The van der Waals surface area contributed by atoms with E-state index in [4.69, 9.17) is 23.2 Å². The first-order valence-corrected chi connectivity index (χ1v) is 10.7. The lowest BCUT2D eigenvalue weighted by molar-refractivity contribution is -0.116. The summed E-state index contributed by atoms with van der Waals surface area (Å²) in [7, 11) is 1.75. The molecule has 0 bridgehead atoms. The Morgan fingerprint density at radius 3 is 2.50 bits per heavy atom. The Morgan fingerprint density at radius 1 is 1.03 bits per heavy atom. The quantitative estimate of drug-likeness (QED) is 0.508. The van der Waals surface area contributed by atoms with Gasteiger partial charge in [-0.05, 0) is 42.8 Å². The molecule has 10 heteroatoms. The maximum Gasteiger partial charge on any atom is 0.234 e. The van der Waals surface area contributed by atoms with Crippen molar-refractivity contribution >= 4 is 58.2 Å². The molecule has 0 aliphatic heterocycles. The number of halogens is 2. The fraction of sp³-hybridized carbons (Fsp3) is 0.200. The molecule has 0 unspecified atom stereocenters. The fourth-order valence-electron chi connectivity index (χ4n) is 2.54. The molecule has 0 spiro atoms. The zero-order valence-corrected chi connectivity index (χ0v) is 18.6. The molecule has 0 saturated carbocycles.